The fraction of sp³-hybridized carbons (Fsp3) is 0.600. The van der Waals surface area contributed by atoms with E-state index in [4.69, 9.17) is 0 Å². The summed E-state index contributed by atoms with van der Waals surface area (Å²) in [7, 11) is 0. The van der Waals surface area contributed by atoms with Gasteiger partial charge in [0.25, 0.3) is 0 Å². The van der Waals surface area contributed by atoms with Gasteiger partial charge in [-0.15, -0.1) is 0 Å². The molecule has 0 rings (SSSR count). The van der Waals surface area contributed by atoms with E-state index >= 15 is 0 Å². The number of rotatable bonds is 2. The van der Waals surface area contributed by atoms with E-state index in [1.807, 2.05) is 6.92 Å². The van der Waals surface area contributed by atoms with E-state index in [2.05, 4.69) is 10.5 Å². The number of carbonyl (C=O) groups excluding carboxylic acids is 2. The molecule has 0 unspecified atom stereocenters. The summed E-state index contributed by atoms with van der Waals surface area (Å²) in [5.74, 6) is 0. The molecule has 0 aliphatic carbocycles. The summed E-state index contributed by atoms with van der Waals surface area (Å²) in [6.07, 6.45) is -0.0824. The minimum atomic E-state index is -0.902. The third-order valence-electron chi connectivity index (χ3n) is 0.663. The predicted octanol–water partition coefficient (Wildman–Crippen LogP) is 0.201. The summed E-state index contributed by atoms with van der Waals surface area (Å²) in [4.78, 5) is 20.4. The number of carbonyl (C=O) groups is 2. The Bertz CT molecular complexity index is 135. The van der Waals surface area contributed by atoms with Gasteiger partial charge in [0.05, 0.1) is 6.61 Å². The van der Waals surface area contributed by atoms with Crippen molar-refractivity contribution in [1.82, 2.24) is 5.32 Å². The molecule has 58 valence electrons. The summed E-state index contributed by atoms with van der Waals surface area (Å²) in [5, 5.41) is 1.76. The highest BCUT2D eigenvalue weighted by Gasteiger charge is 2.01. The maximum absolute atomic E-state index is 10.4. The number of hydrogen-bond donors (Lipinski definition) is 2. The Labute approximate surface area is 58.5 Å². The van der Waals surface area contributed by atoms with E-state index in [-0.39, 0.29) is 0 Å². The van der Waals surface area contributed by atoms with Crippen LogP contribution in [0.1, 0.15) is 13.3 Å². The second-order valence-electron chi connectivity index (χ2n) is 1.63. The van der Waals surface area contributed by atoms with Crippen LogP contribution in [0.2, 0.25) is 0 Å². The molecule has 5 nitrogen and oxygen atoms in total. The van der Waals surface area contributed by atoms with Crippen LogP contribution in [0.4, 0.5) is 9.59 Å². The molecule has 0 saturated heterocycles. The van der Waals surface area contributed by atoms with Gasteiger partial charge in [-0.05, 0) is 6.42 Å². The van der Waals surface area contributed by atoms with Gasteiger partial charge in [0.15, 0.2) is 0 Å². The van der Waals surface area contributed by atoms with Gasteiger partial charge in [-0.3, -0.25) is 0 Å². The van der Waals surface area contributed by atoms with E-state index in [1.54, 1.807) is 5.32 Å². The average molecular weight is 146 g/mol. The zero-order chi connectivity index (χ0) is 7.98. The monoisotopic (exact) mass is 146 g/mol. The summed E-state index contributed by atoms with van der Waals surface area (Å²) < 4.78 is 4.45. The van der Waals surface area contributed by atoms with Gasteiger partial charge in [0, 0.05) is 0 Å². The number of alkyl carbamates (subject to hydrolysis) is 1. The molecule has 0 spiro atoms. The van der Waals surface area contributed by atoms with Crippen molar-refractivity contribution in [3.8, 4) is 0 Å². The number of primary amides is 1. The van der Waals surface area contributed by atoms with Gasteiger partial charge in [0.2, 0.25) is 0 Å². The van der Waals surface area contributed by atoms with E-state index in [1.165, 1.54) is 0 Å². The Kier molecular flexibility index (Phi) is 4.02. The number of imide groups is 1. The van der Waals surface area contributed by atoms with Crippen molar-refractivity contribution in [2.75, 3.05) is 6.61 Å². The topological polar surface area (TPSA) is 81.4 Å². The third kappa shape index (κ3) is 4.89. The summed E-state index contributed by atoms with van der Waals surface area (Å²) >= 11 is 0. The molecule has 10 heavy (non-hydrogen) atoms. The summed E-state index contributed by atoms with van der Waals surface area (Å²) in [6.45, 7) is 2.14. The Morgan fingerprint density at radius 1 is 1.60 bits per heavy atom. The predicted molar refractivity (Wildman–Crippen MR) is 34.4 cm³/mol. The zero-order valence-electron chi connectivity index (χ0n) is 5.72. The Hall–Kier alpha value is -1.26. The standard InChI is InChI=1S/C5H10N2O3/c1-2-3-10-5(9)7-4(6)8/h2-3H2,1H3,(H3,6,7,8,9). The largest absolute Gasteiger partial charge is 0.449 e. The molecule has 3 N–H and O–H groups in total. The molecule has 0 saturated carbocycles. The Morgan fingerprint density at radius 3 is 2.60 bits per heavy atom. The molecule has 5 heteroatoms. The van der Waals surface area contributed by atoms with Crippen LogP contribution < -0.4 is 11.1 Å². The van der Waals surface area contributed by atoms with Crippen LogP contribution in [-0.4, -0.2) is 18.7 Å². The molecule has 0 fully saturated rings. The average Bonchev–Trinajstić information content (AvgIpc) is 1.82. The first-order valence-electron chi connectivity index (χ1n) is 2.90. The number of urea groups is 1. The minimum absolute atomic E-state index is 0.291. The van der Waals surface area contributed by atoms with Crippen LogP contribution in [0.5, 0.6) is 0 Å². The maximum atomic E-state index is 10.4. The first kappa shape index (κ1) is 8.74. The van der Waals surface area contributed by atoms with Crippen molar-refractivity contribution in [2.45, 2.75) is 13.3 Å². The third-order valence-corrected chi connectivity index (χ3v) is 0.663. The first-order valence-corrected chi connectivity index (χ1v) is 2.90. The van der Waals surface area contributed by atoms with Gasteiger partial charge in [-0.25, -0.2) is 14.9 Å². The van der Waals surface area contributed by atoms with Gasteiger partial charge >= 0.3 is 12.1 Å². The Morgan fingerprint density at radius 2 is 2.20 bits per heavy atom. The molecular formula is C5H10N2O3. The lowest BCUT2D eigenvalue weighted by Gasteiger charge is -2.00. The molecule has 0 aliphatic heterocycles. The fourth-order valence-corrected chi connectivity index (χ4v) is 0.331. The maximum Gasteiger partial charge on any atom is 0.415 e. The molecule has 0 atom stereocenters. The molecular weight excluding hydrogens is 136 g/mol. The highest BCUT2D eigenvalue weighted by atomic mass is 16.5. The van der Waals surface area contributed by atoms with Crippen LogP contribution in [0.25, 0.3) is 0 Å². The SMILES string of the molecule is CCCOC(=O)NC(N)=O. The quantitative estimate of drug-likeness (QED) is 0.583. The van der Waals surface area contributed by atoms with Crippen LogP contribution in [0, 0.1) is 0 Å². The van der Waals surface area contributed by atoms with Crippen molar-refractivity contribution in [1.29, 1.82) is 0 Å². The number of nitrogens with one attached hydrogen (secondary N) is 1. The summed E-state index contributed by atoms with van der Waals surface area (Å²) in [6, 6.07) is -0.902. The van der Waals surface area contributed by atoms with E-state index in [0.29, 0.717) is 13.0 Å². The zero-order valence-corrected chi connectivity index (χ0v) is 5.72. The lowest BCUT2D eigenvalue weighted by molar-refractivity contribution is 0.148. The fourth-order valence-electron chi connectivity index (χ4n) is 0.331. The minimum Gasteiger partial charge on any atom is -0.449 e. The van der Waals surface area contributed by atoms with Gasteiger partial charge in [-0.2, -0.15) is 0 Å². The van der Waals surface area contributed by atoms with E-state index in [9.17, 15) is 9.59 Å². The van der Waals surface area contributed by atoms with Crippen LogP contribution in [-0.2, 0) is 4.74 Å². The lowest BCUT2D eigenvalue weighted by Crippen LogP contribution is -2.35. The highest BCUT2D eigenvalue weighted by Crippen LogP contribution is 1.80. The molecule has 0 aliphatic rings. The first-order chi connectivity index (χ1) is 4.66. The smallest absolute Gasteiger partial charge is 0.415 e. The van der Waals surface area contributed by atoms with Crippen molar-refractivity contribution in [3.63, 3.8) is 0 Å². The van der Waals surface area contributed by atoms with Crippen molar-refractivity contribution in [3.05, 3.63) is 0 Å². The number of hydrogen-bond acceptors (Lipinski definition) is 3. The van der Waals surface area contributed by atoms with Crippen LogP contribution in [0.15, 0.2) is 0 Å². The number of nitrogens with two attached hydrogens (primary N) is 1. The molecule has 0 aromatic carbocycles. The van der Waals surface area contributed by atoms with Gasteiger partial charge in [0.1, 0.15) is 0 Å². The molecule has 3 amide bonds. The normalized spacial score (nSPS) is 8.50. The molecule has 0 aromatic rings. The van der Waals surface area contributed by atoms with Crippen molar-refractivity contribution in [2.24, 2.45) is 5.73 Å². The van der Waals surface area contributed by atoms with Crippen LogP contribution >= 0.6 is 0 Å². The lowest BCUT2D eigenvalue weighted by atomic mass is 10.5. The molecule has 0 aromatic heterocycles. The molecule has 0 bridgehead atoms. The molecule has 0 heterocycles. The van der Waals surface area contributed by atoms with Crippen LogP contribution in [0.3, 0.4) is 0 Å². The van der Waals surface area contributed by atoms with Gasteiger partial charge in [-0.1, -0.05) is 6.92 Å². The number of ether oxygens (including phenoxy) is 1. The van der Waals surface area contributed by atoms with Crippen molar-refractivity contribution >= 4 is 12.1 Å². The Balaban J connectivity index is 3.35. The summed E-state index contributed by atoms with van der Waals surface area (Å²) in [5.41, 5.74) is 4.61. The molecule has 0 radical (unpaired) electrons. The van der Waals surface area contributed by atoms with E-state index < -0.39 is 12.1 Å². The highest BCUT2D eigenvalue weighted by molar-refractivity contribution is 5.89. The second kappa shape index (κ2) is 4.60. The van der Waals surface area contributed by atoms with Gasteiger partial charge < -0.3 is 10.5 Å². The van der Waals surface area contributed by atoms with E-state index in [0.717, 1.165) is 0 Å². The number of amides is 3. The second-order valence-corrected chi connectivity index (χ2v) is 1.63. The van der Waals surface area contributed by atoms with Crippen molar-refractivity contribution < 1.29 is 14.3 Å².